The lowest BCUT2D eigenvalue weighted by atomic mass is 10.1. The molecule has 5 nitrogen and oxygen atoms in total. The molecule has 0 heterocycles. The fourth-order valence-electron chi connectivity index (χ4n) is 1.37. The van der Waals surface area contributed by atoms with Crippen molar-refractivity contribution in [1.29, 1.82) is 0 Å². The van der Waals surface area contributed by atoms with E-state index in [1.165, 1.54) is 6.07 Å². The summed E-state index contributed by atoms with van der Waals surface area (Å²) >= 11 is 0. The Hall–Kier alpha value is -1.75. The second-order valence-corrected chi connectivity index (χ2v) is 3.48. The number of rotatable bonds is 5. The number of carboxylic acid groups (broad SMARTS) is 1. The molecule has 0 atom stereocenters. The van der Waals surface area contributed by atoms with Gasteiger partial charge in [-0.3, -0.25) is 0 Å². The van der Waals surface area contributed by atoms with Gasteiger partial charge in [-0.25, -0.2) is 4.79 Å². The standard InChI is InChI=1S/C11H16N2O3/c1-7-5-8(13-3-4-16-2)6-9(10(7)12)11(14)15/h5-6,13H,3-4,12H2,1-2H3,(H,14,15). The van der Waals surface area contributed by atoms with Gasteiger partial charge in [0, 0.05) is 25.0 Å². The Kier molecular flexibility index (Phi) is 4.13. The Morgan fingerprint density at radius 1 is 1.56 bits per heavy atom. The van der Waals surface area contributed by atoms with Gasteiger partial charge in [0.2, 0.25) is 0 Å². The van der Waals surface area contributed by atoms with Crippen molar-refractivity contribution in [2.45, 2.75) is 6.92 Å². The molecule has 0 saturated carbocycles. The monoisotopic (exact) mass is 224 g/mol. The molecule has 0 aliphatic rings. The van der Waals surface area contributed by atoms with Gasteiger partial charge >= 0.3 is 5.97 Å². The van der Waals surface area contributed by atoms with Crippen LogP contribution in [0.1, 0.15) is 15.9 Å². The zero-order valence-corrected chi connectivity index (χ0v) is 9.41. The van der Waals surface area contributed by atoms with Crippen LogP contribution in [0.15, 0.2) is 12.1 Å². The Labute approximate surface area is 94.2 Å². The summed E-state index contributed by atoms with van der Waals surface area (Å²) in [7, 11) is 1.61. The maximum Gasteiger partial charge on any atom is 0.337 e. The van der Waals surface area contributed by atoms with Crippen LogP contribution in [0.25, 0.3) is 0 Å². The summed E-state index contributed by atoms with van der Waals surface area (Å²) in [6.45, 7) is 2.97. The normalized spacial score (nSPS) is 10.1. The third kappa shape index (κ3) is 2.87. The predicted octanol–water partition coefficient (Wildman–Crippen LogP) is 1.33. The van der Waals surface area contributed by atoms with Gasteiger partial charge in [-0.2, -0.15) is 0 Å². The molecule has 1 aromatic rings. The van der Waals surface area contributed by atoms with Gasteiger partial charge in [0.1, 0.15) is 0 Å². The number of hydrogen-bond acceptors (Lipinski definition) is 4. The SMILES string of the molecule is COCCNc1cc(C)c(N)c(C(=O)O)c1. The van der Waals surface area contributed by atoms with Crippen molar-refractivity contribution < 1.29 is 14.6 Å². The van der Waals surface area contributed by atoms with E-state index in [4.69, 9.17) is 15.6 Å². The van der Waals surface area contributed by atoms with E-state index >= 15 is 0 Å². The highest BCUT2D eigenvalue weighted by Crippen LogP contribution is 2.22. The lowest BCUT2D eigenvalue weighted by Crippen LogP contribution is -2.10. The summed E-state index contributed by atoms with van der Waals surface area (Å²) < 4.78 is 4.89. The molecule has 88 valence electrons. The molecule has 0 fully saturated rings. The van der Waals surface area contributed by atoms with E-state index in [9.17, 15) is 4.79 Å². The number of anilines is 2. The second kappa shape index (κ2) is 5.37. The molecular weight excluding hydrogens is 208 g/mol. The molecule has 1 aromatic carbocycles. The third-order valence-electron chi connectivity index (χ3n) is 2.25. The highest BCUT2D eigenvalue weighted by Gasteiger charge is 2.11. The van der Waals surface area contributed by atoms with Crippen LogP contribution in [0.3, 0.4) is 0 Å². The average molecular weight is 224 g/mol. The minimum atomic E-state index is -1.02. The van der Waals surface area contributed by atoms with Crippen LogP contribution in [-0.2, 0) is 4.74 Å². The lowest BCUT2D eigenvalue weighted by molar-refractivity contribution is 0.0698. The molecule has 0 aliphatic carbocycles. The summed E-state index contributed by atoms with van der Waals surface area (Å²) in [5, 5.41) is 12.0. The number of carbonyl (C=O) groups is 1. The molecule has 0 amide bonds. The highest BCUT2D eigenvalue weighted by atomic mass is 16.5. The molecule has 1 rings (SSSR count). The molecule has 0 radical (unpaired) electrons. The highest BCUT2D eigenvalue weighted by molar-refractivity contribution is 5.95. The average Bonchev–Trinajstić information content (AvgIpc) is 2.23. The van der Waals surface area contributed by atoms with E-state index in [1.54, 1.807) is 14.0 Å². The molecule has 0 aliphatic heterocycles. The summed E-state index contributed by atoms with van der Waals surface area (Å²) in [6.07, 6.45) is 0. The van der Waals surface area contributed by atoms with Gasteiger partial charge in [-0.15, -0.1) is 0 Å². The Morgan fingerprint density at radius 3 is 2.81 bits per heavy atom. The number of aryl methyl sites for hydroxylation is 1. The smallest absolute Gasteiger partial charge is 0.337 e. The van der Waals surface area contributed by atoms with Crippen LogP contribution in [0.5, 0.6) is 0 Å². The van der Waals surface area contributed by atoms with Crippen LogP contribution in [-0.4, -0.2) is 31.3 Å². The molecule has 5 heteroatoms. The first kappa shape index (κ1) is 12.3. The van der Waals surface area contributed by atoms with E-state index in [2.05, 4.69) is 5.32 Å². The predicted molar refractivity (Wildman–Crippen MR) is 62.9 cm³/mol. The number of ether oxygens (including phenoxy) is 1. The quantitative estimate of drug-likeness (QED) is 0.519. The van der Waals surface area contributed by atoms with Crippen LogP contribution in [0, 0.1) is 6.92 Å². The minimum absolute atomic E-state index is 0.125. The molecule has 0 saturated heterocycles. The first-order valence-corrected chi connectivity index (χ1v) is 4.92. The van der Waals surface area contributed by atoms with Gasteiger partial charge in [-0.1, -0.05) is 0 Å². The summed E-state index contributed by atoms with van der Waals surface area (Å²) in [5.41, 5.74) is 7.60. The Bertz CT molecular complexity index is 391. The number of aromatic carboxylic acids is 1. The summed E-state index contributed by atoms with van der Waals surface area (Å²) in [5.74, 6) is -1.02. The van der Waals surface area contributed by atoms with E-state index in [1.807, 2.05) is 6.07 Å². The molecule has 0 spiro atoms. The fourth-order valence-corrected chi connectivity index (χ4v) is 1.37. The number of hydrogen-bond donors (Lipinski definition) is 3. The van der Waals surface area contributed by atoms with Gasteiger partial charge in [0.25, 0.3) is 0 Å². The van der Waals surface area contributed by atoms with Crippen LogP contribution >= 0.6 is 0 Å². The second-order valence-electron chi connectivity index (χ2n) is 3.48. The van der Waals surface area contributed by atoms with Crippen molar-refractivity contribution in [3.8, 4) is 0 Å². The number of nitrogens with one attached hydrogen (secondary N) is 1. The number of nitrogens with two attached hydrogens (primary N) is 1. The molecule has 0 bridgehead atoms. The van der Waals surface area contributed by atoms with Crippen molar-refractivity contribution in [3.63, 3.8) is 0 Å². The summed E-state index contributed by atoms with van der Waals surface area (Å²) in [6, 6.07) is 3.34. The van der Waals surface area contributed by atoms with Crippen molar-refractivity contribution in [3.05, 3.63) is 23.3 Å². The zero-order valence-electron chi connectivity index (χ0n) is 9.41. The van der Waals surface area contributed by atoms with E-state index in [0.717, 1.165) is 11.3 Å². The maximum absolute atomic E-state index is 10.9. The van der Waals surface area contributed by atoms with Crippen molar-refractivity contribution >= 4 is 17.3 Å². The fraction of sp³-hybridized carbons (Fsp3) is 0.364. The largest absolute Gasteiger partial charge is 0.478 e. The number of benzene rings is 1. The first-order chi connectivity index (χ1) is 7.56. The van der Waals surface area contributed by atoms with E-state index < -0.39 is 5.97 Å². The number of carboxylic acids is 1. The van der Waals surface area contributed by atoms with E-state index in [-0.39, 0.29) is 5.56 Å². The molecule has 4 N–H and O–H groups in total. The van der Waals surface area contributed by atoms with Gasteiger partial charge in [0.05, 0.1) is 12.2 Å². The zero-order chi connectivity index (χ0) is 12.1. The lowest BCUT2D eigenvalue weighted by Gasteiger charge is -2.10. The van der Waals surface area contributed by atoms with E-state index in [0.29, 0.717) is 18.8 Å². The Balaban J connectivity index is 2.91. The maximum atomic E-state index is 10.9. The van der Waals surface area contributed by atoms with Crippen molar-refractivity contribution in [2.75, 3.05) is 31.3 Å². The van der Waals surface area contributed by atoms with Crippen molar-refractivity contribution in [2.24, 2.45) is 0 Å². The number of methoxy groups -OCH3 is 1. The molecular formula is C11H16N2O3. The first-order valence-electron chi connectivity index (χ1n) is 4.92. The minimum Gasteiger partial charge on any atom is -0.478 e. The third-order valence-corrected chi connectivity index (χ3v) is 2.25. The van der Waals surface area contributed by atoms with Gasteiger partial charge in [0.15, 0.2) is 0 Å². The molecule has 0 aromatic heterocycles. The van der Waals surface area contributed by atoms with Gasteiger partial charge < -0.3 is 20.9 Å². The van der Waals surface area contributed by atoms with Crippen LogP contribution < -0.4 is 11.1 Å². The van der Waals surface area contributed by atoms with Crippen molar-refractivity contribution in [1.82, 2.24) is 0 Å². The molecule has 16 heavy (non-hydrogen) atoms. The topological polar surface area (TPSA) is 84.6 Å². The van der Waals surface area contributed by atoms with Crippen LogP contribution in [0.4, 0.5) is 11.4 Å². The van der Waals surface area contributed by atoms with Crippen LogP contribution in [0.2, 0.25) is 0 Å². The Morgan fingerprint density at radius 2 is 2.25 bits per heavy atom. The number of nitrogen functional groups attached to an aromatic ring is 1. The summed E-state index contributed by atoms with van der Waals surface area (Å²) in [4.78, 5) is 10.9. The molecule has 0 unspecified atom stereocenters. The van der Waals surface area contributed by atoms with Gasteiger partial charge in [-0.05, 0) is 24.6 Å².